The van der Waals surface area contributed by atoms with Crippen LogP contribution in [0.25, 0.3) is 0 Å². The third kappa shape index (κ3) is 4.69. The molecule has 1 aliphatic heterocycles. The van der Waals surface area contributed by atoms with E-state index in [1.54, 1.807) is 19.1 Å². The van der Waals surface area contributed by atoms with Crippen molar-refractivity contribution in [1.29, 1.82) is 0 Å². The number of halogens is 1. The molecule has 1 saturated heterocycles. The standard InChI is InChI=1S/C16H25N3O3S.ClH/c1-12-6-7-14(10-15(12)16(20)18-13(2)11-17)23(21,22)19-8-4-3-5-9-19;/h6-7,10,13H,3-5,8-9,11,17H2,1-2H3,(H,18,20);1H/t13-;/m0./s1. The first-order valence-corrected chi connectivity index (χ1v) is 9.42. The average Bonchev–Trinajstić information content (AvgIpc) is 2.55. The van der Waals surface area contributed by atoms with Crippen LogP contribution in [0.2, 0.25) is 0 Å². The van der Waals surface area contributed by atoms with Crippen molar-refractivity contribution in [1.82, 2.24) is 9.62 Å². The number of piperidine rings is 1. The Morgan fingerprint density at radius 2 is 1.92 bits per heavy atom. The Hall–Kier alpha value is -1.15. The zero-order valence-electron chi connectivity index (χ0n) is 14.1. The van der Waals surface area contributed by atoms with Gasteiger partial charge in [-0.25, -0.2) is 8.42 Å². The van der Waals surface area contributed by atoms with Gasteiger partial charge in [-0.05, 0) is 44.4 Å². The van der Waals surface area contributed by atoms with E-state index < -0.39 is 10.0 Å². The summed E-state index contributed by atoms with van der Waals surface area (Å²) in [5, 5.41) is 2.77. The SMILES string of the molecule is Cc1ccc(S(=O)(=O)N2CCCCC2)cc1C(=O)N[C@@H](C)CN.Cl. The van der Waals surface area contributed by atoms with Crippen LogP contribution in [0, 0.1) is 6.92 Å². The molecular formula is C16H26ClN3O3S. The number of hydrogen-bond donors (Lipinski definition) is 2. The molecule has 6 nitrogen and oxygen atoms in total. The summed E-state index contributed by atoms with van der Waals surface area (Å²) in [6, 6.07) is 4.56. The molecule has 0 unspecified atom stereocenters. The molecule has 0 spiro atoms. The minimum Gasteiger partial charge on any atom is -0.348 e. The molecule has 0 bridgehead atoms. The fourth-order valence-electron chi connectivity index (χ4n) is 2.62. The van der Waals surface area contributed by atoms with Gasteiger partial charge in [0, 0.05) is 31.2 Å². The first kappa shape index (κ1) is 20.9. The third-order valence-corrected chi connectivity index (χ3v) is 6.03. The van der Waals surface area contributed by atoms with Crippen LogP contribution in [-0.4, -0.2) is 44.3 Å². The molecule has 0 saturated carbocycles. The van der Waals surface area contributed by atoms with E-state index in [2.05, 4.69) is 5.32 Å². The van der Waals surface area contributed by atoms with Crippen LogP contribution < -0.4 is 11.1 Å². The maximum atomic E-state index is 12.7. The van der Waals surface area contributed by atoms with E-state index in [4.69, 9.17) is 5.73 Å². The van der Waals surface area contributed by atoms with Crippen molar-refractivity contribution >= 4 is 28.3 Å². The molecule has 2 rings (SSSR count). The van der Waals surface area contributed by atoms with Gasteiger partial charge in [0.05, 0.1) is 4.90 Å². The Morgan fingerprint density at radius 3 is 2.50 bits per heavy atom. The smallest absolute Gasteiger partial charge is 0.251 e. The highest BCUT2D eigenvalue weighted by Crippen LogP contribution is 2.22. The fourth-order valence-corrected chi connectivity index (χ4v) is 4.16. The summed E-state index contributed by atoms with van der Waals surface area (Å²) in [4.78, 5) is 12.5. The van der Waals surface area contributed by atoms with Gasteiger partial charge in [-0.2, -0.15) is 4.31 Å². The highest BCUT2D eigenvalue weighted by Gasteiger charge is 2.27. The highest BCUT2D eigenvalue weighted by molar-refractivity contribution is 7.89. The molecule has 0 radical (unpaired) electrons. The summed E-state index contributed by atoms with van der Waals surface area (Å²) < 4.78 is 27.0. The lowest BCUT2D eigenvalue weighted by molar-refractivity contribution is 0.0940. The number of nitrogens with zero attached hydrogens (tertiary/aromatic N) is 1. The van der Waals surface area contributed by atoms with Gasteiger partial charge in [-0.15, -0.1) is 12.4 Å². The molecule has 1 fully saturated rings. The number of aryl methyl sites for hydroxylation is 1. The summed E-state index contributed by atoms with van der Waals surface area (Å²) >= 11 is 0. The van der Waals surface area contributed by atoms with Crippen molar-refractivity contribution < 1.29 is 13.2 Å². The van der Waals surface area contributed by atoms with Gasteiger partial charge in [0.25, 0.3) is 5.91 Å². The largest absolute Gasteiger partial charge is 0.348 e. The summed E-state index contributed by atoms with van der Waals surface area (Å²) in [5.74, 6) is -0.295. The molecule has 24 heavy (non-hydrogen) atoms. The molecule has 136 valence electrons. The van der Waals surface area contributed by atoms with E-state index >= 15 is 0 Å². The molecule has 1 atom stereocenters. The maximum Gasteiger partial charge on any atom is 0.251 e. The lowest BCUT2D eigenvalue weighted by atomic mass is 10.1. The van der Waals surface area contributed by atoms with Crippen molar-refractivity contribution in [3.8, 4) is 0 Å². The zero-order chi connectivity index (χ0) is 17.0. The van der Waals surface area contributed by atoms with E-state index in [9.17, 15) is 13.2 Å². The molecule has 1 aliphatic rings. The summed E-state index contributed by atoms with van der Waals surface area (Å²) in [5.41, 5.74) is 6.63. The topological polar surface area (TPSA) is 92.5 Å². The Labute approximate surface area is 150 Å². The van der Waals surface area contributed by atoms with Crippen LogP contribution in [0.3, 0.4) is 0 Å². The van der Waals surface area contributed by atoms with Crippen LogP contribution in [0.5, 0.6) is 0 Å². The normalized spacial score (nSPS) is 17.0. The van der Waals surface area contributed by atoms with Gasteiger partial charge in [-0.3, -0.25) is 4.79 Å². The molecule has 1 aromatic carbocycles. The number of nitrogens with one attached hydrogen (secondary N) is 1. The lowest BCUT2D eigenvalue weighted by Crippen LogP contribution is -2.38. The number of carbonyl (C=O) groups excluding carboxylic acids is 1. The van der Waals surface area contributed by atoms with Crippen molar-refractivity contribution in [3.05, 3.63) is 29.3 Å². The molecule has 8 heteroatoms. The van der Waals surface area contributed by atoms with Crippen molar-refractivity contribution in [3.63, 3.8) is 0 Å². The number of rotatable bonds is 5. The number of benzene rings is 1. The van der Waals surface area contributed by atoms with E-state index in [1.807, 2.05) is 6.92 Å². The number of hydrogen-bond acceptors (Lipinski definition) is 4. The van der Waals surface area contributed by atoms with E-state index in [0.717, 1.165) is 24.8 Å². The van der Waals surface area contributed by atoms with Gasteiger partial charge < -0.3 is 11.1 Å². The maximum absolute atomic E-state index is 12.7. The van der Waals surface area contributed by atoms with Crippen molar-refractivity contribution in [2.75, 3.05) is 19.6 Å². The number of amides is 1. The molecule has 1 aromatic rings. The monoisotopic (exact) mass is 375 g/mol. The Bertz CT molecular complexity index is 673. The third-order valence-electron chi connectivity index (χ3n) is 4.14. The Balaban J connectivity index is 0.00000288. The predicted molar refractivity (Wildman–Crippen MR) is 97.0 cm³/mol. The first-order chi connectivity index (χ1) is 10.9. The minimum atomic E-state index is -3.54. The van der Waals surface area contributed by atoms with Gasteiger partial charge >= 0.3 is 0 Å². The van der Waals surface area contributed by atoms with Crippen molar-refractivity contribution in [2.45, 2.75) is 44.0 Å². The predicted octanol–water partition coefficient (Wildman–Crippen LogP) is 1.67. The molecule has 1 amide bonds. The molecular weight excluding hydrogens is 350 g/mol. The van der Waals surface area contributed by atoms with Gasteiger partial charge in [0.2, 0.25) is 10.0 Å². The van der Waals surface area contributed by atoms with E-state index in [0.29, 0.717) is 25.2 Å². The Kier molecular flexibility index (Phi) is 7.66. The van der Waals surface area contributed by atoms with Crippen LogP contribution in [0.15, 0.2) is 23.1 Å². The van der Waals surface area contributed by atoms with Crippen LogP contribution in [0.4, 0.5) is 0 Å². The van der Waals surface area contributed by atoms with Crippen LogP contribution in [0.1, 0.15) is 42.1 Å². The molecule has 0 aliphatic carbocycles. The lowest BCUT2D eigenvalue weighted by Gasteiger charge is -2.26. The molecule has 0 aromatic heterocycles. The van der Waals surface area contributed by atoms with Crippen LogP contribution >= 0.6 is 12.4 Å². The summed E-state index contributed by atoms with van der Waals surface area (Å²) in [6.07, 6.45) is 2.82. The molecule has 3 N–H and O–H groups in total. The number of sulfonamides is 1. The first-order valence-electron chi connectivity index (χ1n) is 7.98. The fraction of sp³-hybridized carbons (Fsp3) is 0.562. The number of nitrogens with two attached hydrogens (primary N) is 1. The van der Waals surface area contributed by atoms with Gasteiger partial charge in [0.1, 0.15) is 0 Å². The summed E-state index contributed by atoms with van der Waals surface area (Å²) in [7, 11) is -3.54. The van der Waals surface area contributed by atoms with E-state index in [1.165, 1.54) is 10.4 Å². The van der Waals surface area contributed by atoms with E-state index in [-0.39, 0.29) is 29.3 Å². The molecule has 1 heterocycles. The second-order valence-electron chi connectivity index (χ2n) is 6.05. The quantitative estimate of drug-likeness (QED) is 0.818. The van der Waals surface area contributed by atoms with Gasteiger partial charge in [0.15, 0.2) is 0 Å². The second-order valence-corrected chi connectivity index (χ2v) is 7.99. The number of carbonyl (C=O) groups is 1. The highest BCUT2D eigenvalue weighted by atomic mass is 35.5. The van der Waals surface area contributed by atoms with Gasteiger partial charge in [-0.1, -0.05) is 12.5 Å². The van der Waals surface area contributed by atoms with Crippen molar-refractivity contribution in [2.24, 2.45) is 5.73 Å². The zero-order valence-corrected chi connectivity index (χ0v) is 15.8. The Morgan fingerprint density at radius 1 is 1.29 bits per heavy atom. The minimum absolute atomic E-state index is 0. The summed E-state index contributed by atoms with van der Waals surface area (Å²) in [6.45, 7) is 5.02. The second kappa shape index (κ2) is 8.80. The van der Waals surface area contributed by atoms with Crippen LogP contribution in [-0.2, 0) is 10.0 Å². The average molecular weight is 376 g/mol.